The third kappa shape index (κ3) is 4.16. The molecule has 1 amide bonds. The average Bonchev–Trinajstić information content (AvgIpc) is 2.93. The first-order valence-electron chi connectivity index (χ1n) is 10.5. The molecule has 0 aromatic heterocycles. The van der Waals surface area contributed by atoms with Crippen LogP contribution < -0.4 is 0 Å². The molecular formula is C24H24N4O3S. The van der Waals surface area contributed by atoms with E-state index in [2.05, 4.69) is 10.5 Å². The third-order valence-corrected chi connectivity index (χ3v) is 7.27. The van der Waals surface area contributed by atoms with E-state index < -0.39 is 10.0 Å². The summed E-state index contributed by atoms with van der Waals surface area (Å²) < 4.78 is 29.8. The minimum absolute atomic E-state index is 0.0927. The highest BCUT2D eigenvalue weighted by molar-refractivity contribution is 8.00. The van der Waals surface area contributed by atoms with Gasteiger partial charge in [-0.05, 0) is 50.1 Å². The van der Waals surface area contributed by atoms with Gasteiger partial charge in [0.05, 0.1) is 11.6 Å². The highest BCUT2D eigenvalue weighted by atomic mass is 32.2. The second kappa shape index (κ2) is 8.60. The molecule has 0 bridgehead atoms. The Morgan fingerprint density at radius 2 is 1.66 bits per heavy atom. The number of sulfonamides is 1. The van der Waals surface area contributed by atoms with Crippen LogP contribution in [0.2, 0.25) is 0 Å². The van der Waals surface area contributed by atoms with E-state index in [4.69, 9.17) is 5.26 Å². The van der Waals surface area contributed by atoms with Gasteiger partial charge in [-0.2, -0.15) is 13.7 Å². The minimum atomic E-state index is -3.77. The van der Waals surface area contributed by atoms with Gasteiger partial charge in [-0.25, -0.2) is 0 Å². The normalized spacial score (nSPS) is 18.2. The van der Waals surface area contributed by atoms with E-state index in [1.807, 2.05) is 36.1 Å². The van der Waals surface area contributed by atoms with Crippen LogP contribution in [0.4, 0.5) is 0 Å². The van der Waals surface area contributed by atoms with Crippen LogP contribution in [0.15, 0.2) is 58.5 Å². The van der Waals surface area contributed by atoms with Crippen molar-refractivity contribution in [1.29, 1.82) is 5.26 Å². The van der Waals surface area contributed by atoms with Crippen molar-refractivity contribution in [3.63, 3.8) is 0 Å². The SMILES string of the molecule is CC1=C(c2ccc(C)cc2)S(=O)(=O)N=C1N1CCCN(C(=O)c2ccc(C#N)cc2)CC1. The molecule has 32 heavy (non-hydrogen) atoms. The predicted molar refractivity (Wildman–Crippen MR) is 123 cm³/mol. The zero-order chi connectivity index (χ0) is 22.9. The first kappa shape index (κ1) is 21.8. The first-order chi connectivity index (χ1) is 15.3. The van der Waals surface area contributed by atoms with E-state index in [9.17, 15) is 13.2 Å². The van der Waals surface area contributed by atoms with Crippen LogP contribution in [0.5, 0.6) is 0 Å². The number of benzene rings is 2. The molecule has 0 N–H and O–H groups in total. The summed E-state index contributed by atoms with van der Waals surface area (Å²) in [5, 5.41) is 8.94. The largest absolute Gasteiger partial charge is 0.354 e. The molecule has 7 nitrogen and oxygen atoms in total. The summed E-state index contributed by atoms with van der Waals surface area (Å²) in [5.74, 6) is 0.373. The molecule has 0 saturated carbocycles. The first-order valence-corrected chi connectivity index (χ1v) is 11.9. The number of hydrogen-bond donors (Lipinski definition) is 0. The molecule has 2 aliphatic heterocycles. The maximum Gasteiger partial charge on any atom is 0.285 e. The van der Waals surface area contributed by atoms with Crippen LogP contribution in [0, 0.1) is 18.3 Å². The Hall–Kier alpha value is -3.44. The Bertz CT molecular complexity index is 1250. The lowest BCUT2D eigenvalue weighted by atomic mass is 10.1. The summed E-state index contributed by atoms with van der Waals surface area (Å²) in [6.45, 7) is 5.90. The molecule has 4 rings (SSSR count). The predicted octanol–water partition coefficient (Wildman–Crippen LogP) is 3.19. The van der Waals surface area contributed by atoms with Crippen LogP contribution in [0.3, 0.4) is 0 Å². The van der Waals surface area contributed by atoms with Gasteiger partial charge in [-0.3, -0.25) is 4.79 Å². The Morgan fingerprint density at radius 3 is 2.31 bits per heavy atom. The number of carbonyl (C=O) groups is 1. The summed E-state index contributed by atoms with van der Waals surface area (Å²) in [6.07, 6.45) is 0.703. The van der Waals surface area contributed by atoms with Gasteiger partial charge in [0.25, 0.3) is 15.9 Å². The lowest BCUT2D eigenvalue weighted by Crippen LogP contribution is -2.37. The second-order valence-electron chi connectivity index (χ2n) is 8.03. The summed E-state index contributed by atoms with van der Waals surface area (Å²) in [6, 6.07) is 16.1. The molecule has 164 valence electrons. The lowest BCUT2D eigenvalue weighted by Gasteiger charge is -2.24. The van der Waals surface area contributed by atoms with Gasteiger partial charge in [0.15, 0.2) is 0 Å². The van der Waals surface area contributed by atoms with Crippen molar-refractivity contribution in [2.24, 2.45) is 4.40 Å². The molecule has 0 unspecified atom stereocenters. The van der Waals surface area contributed by atoms with Crippen LogP contribution in [-0.2, 0) is 10.0 Å². The summed E-state index contributed by atoms with van der Waals surface area (Å²) in [5.41, 5.74) is 3.38. The van der Waals surface area contributed by atoms with Crippen molar-refractivity contribution in [2.45, 2.75) is 20.3 Å². The highest BCUT2D eigenvalue weighted by Crippen LogP contribution is 2.34. The molecule has 0 atom stereocenters. The topological polar surface area (TPSA) is 93.8 Å². The van der Waals surface area contributed by atoms with E-state index in [-0.39, 0.29) is 10.8 Å². The number of hydrogen-bond acceptors (Lipinski definition) is 5. The molecule has 0 radical (unpaired) electrons. The van der Waals surface area contributed by atoms with Crippen molar-refractivity contribution in [3.05, 3.63) is 76.4 Å². The van der Waals surface area contributed by atoms with Crippen LogP contribution in [-0.4, -0.2) is 56.1 Å². The average molecular weight is 449 g/mol. The van der Waals surface area contributed by atoms with Gasteiger partial charge in [0, 0.05) is 37.3 Å². The summed E-state index contributed by atoms with van der Waals surface area (Å²) in [4.78, 5) is 16.9. The van der Waals surface area contributed by atoms with Gasteiger partial charge in [-0.15, -0.1) is 4.40 Å². The molecule has 1 fully saturated rings. The minimum Gasteiger partial charge on any atom is -0.354 e. The number of amides is 1. The molecular weight excluding hydrogens is 424 g/mol. The summed E-state index contributed by atoms with van der Waals surface area (Å²) in [7, 11) is -3.77. The van der Waals surface area contributed by atoms with Crippen LogP contribution >= 0.6 is 0 Å². The molecule has 0 spiro atoms. The van der Waals surface area contributed by atoms with Crippen molar-refractivity contribution in [1.82, 2.24) is 9.80 Å². The number of carbonyl (C=O) groups excluding carboxylic acids is 1. The van der Waals surface area contributed by atoms with E-state index in [1.165, 1.54) is 0 Å². The van der Waals surface area contributed by atoms with Crippen LogP contribution in [0.25, 0.3) is 4.91 Å². The lowest BCUT2D eigenvalue weighted by molar-refractivity contribution is 0.0764. The smallest absolute Gasteiger partial charge is 0.285 e. The zero-order valence-corrected chi connectivity index (χ0v) is 18.9. The highest BCUT2D eigenvalue weighted by Gasteiger charge is 2.34. The number of rotatable bonds is 2. The fourth-order valence-electron chi connectivity index (χ4n) is 4.09. The quantitative estimate of drug-likeness (QED) is 0.703. The van der Waals surface area contributed by atoms with Crippen molar-refractivity contribution in [3.8, 4) is 6.07 Å². The van der Waals surface area contributed by atoms with E-state index in [1.54, 1.807) is 36.1 Å². The number of amidine groups is 1. The van der Waals surface area contributed by atoms with Crippen molar-refractivity contribution < 1.29 is 13.2 Å². The number of aryl methyl sites for hydroxylation is 1. The Balaban J connectivity index is 1.53. The Morgan fingerprint density at radius 1 is 0.969 bits per heavy atom. The molecule has 2 aliphatic rings. The molecule has 8 heteroatoms. The van der Waals surface area contributed by atoms with Crippen molar-refractivity contribution in [2.75, 3.05) is 26.2 Å². The van der Waals surface area contributed by atoms with Gasteiger partial charge >= 0.3 is 0 Å². The Kier molecular flexibility index (Phi) is 5.85. The van der Waals surface area contributed by atoms with Gasteiger partial charge < -0.3 is 9.80 Å². The molecule has 0 aliphatic carbocycles. The zero-order valence-electron chi connectivity index (χ0n) is 18.1. The number of nitrogens with zero attached hydrogens (tertiary/aromatic N) is 4. The standard InChI is InChI=1S/C24H24N4O3S/c1-17-4-8-20(9-5-17)22-18(2)23(26-32(22,30)31)27-12-3-13-28(15-14-27)24(29)21-10-6-19(16-25)7-11-21/h4-11H,3,12-15H2,1-2H3. The fourth-order valence-corrected chi connectivity index (χ4v) is 5.57. The Labute approximate surface area is 188 Å². The molecule has 2 aromatic carbocycles. The fraction of sp³-hybridized carbons (Fsp3) is 0.292. The molecule has 2 heterocycles. The van der Waals surface area contributed by atoms with Crippen LogP contribution in [0.1, 0.15) is 40.4 Å². The van der Waals surface area contributed by atoms with Crippen molar-refractivity contribution >= 4 is 26.7 Å². The van der Waals surface area contributed by atoms with E-state index >= 15 is 0 Å². The van der Waals surface area contributed by atoms with E-state index in [0.717, 1.165) is 5.56 Å². The molecule has 2 aromatic rings. The maximum absolute atomic E-state index is 12.9. The maximum atomic E-state index is 12.9. The molecule has 1 saturated heterocycles. The van der Waals surface area contributed by atoms with Gasteiger partial charge in [-0.1, -0.05) is 29.8 Å². The summed E-state index contributed by atoms with van der Waals surface area (Å²) >= 11 is 0. The monoisotopic (exact) mass is 448 g/mol. The second-order valence-corrected chi connectivity index (χ2v) is 9.57. The number of nitriles is 1. The third-order valence-electron chi connectivity index (χ3n) is 5.80. The van der Waals surface area contributed by atoms with Gasteiger partial charge in [0.2, 0.25) is 0 Å². The van der Waals surface area contributed by atoms with Gasteiger partial charge in [0.1, 0.15) is 10.7 Å². The van der Waals surface area contributed by atoms with E-state index in [0.29, 0.717) is 60.7 Å².